The van der Waals surface area contributed by atoms with Gasteiger partial charge in [0.25, 0.3) is 0 Å². The lowest BCUT2D eigenvalue weighted by molar-refractivity contribution is -0.136. The van der Waals surface area contributed by atoms with Crippen LogP contribution in [0.2, 0.25) is 0 Å². The van der Waals surface area contributed by atoms with E-state index in [1.165, 1.54) is 18.5 Å². The number of likely N-dealkylation sites (tertiary alicyclic amines) is 1. The molecule has 2 saturated heterocycles. The minimum atomic E-state index is -0.143. The number of rotatable bonds is 3. The molecular formula is C21H30N4O2. The fourth-order valence-electron chi connectivity index (χ4n) is 4.90. The molecule has 146 valence electrons. The van der Waals surface area contributed by atoms with Crippen LogP contribution >= 0.6 is 0 Å². The molecule has 6 heteroatoms. The van der Waals surface area contributed by atoms with Crippen molar-refractivity contribution in [3.05, 3.63) is 23.5 Å². The number of carbonyl (C=O) groups excluding carboxylic acids is 2. The molecule has 4 rings (SSSR count). The van der Waals surface area contributed by atoms with E-state index in [1.807, 2.05) is 23.6 Å². The third-order valence-corrected chi connectivity index (χ3v) is 6.30. The number of piperazine rings is 1. The second-order valence-corrected chi connectivity index (χ2v) is 8.31. The van der Waals surface area contributed by atoms with Crippen molar-refractivity contribution in [3.63, 3.8) is 0 Å². The molecule has 3 heterocycles. The van der Waals surface area contributed by atoms with Crippen molar-refractivity contribution in [1.82, 2.24) is 14.8 Å². The van der Waals surface area contributed by atoms with Crippen molar-refractivity contribution in [2.45, 2.75) is 52.0 Å². The maximum absolute atomic E-state index is 13.0. The molecule has 1 saturated carbocycles. The topological polar surface area (TPSA) is 56.8 Å². The molecule has 1 atom stereocenters. The van der Waals surface area contributed by atoms with E-state index >= 15 is 0 Å². The summed E-state index contributed by atoms with van der Waals surface area (Å²) in [5.74, 6) is 0.210. The summed E-state index contributed by atoms with van der Waals surface area (Å²) in [6, 6.07) is 4.60. The zero-order chi connectivity index (χ0) is 19.0. The van der Waals surface area contributed by atoms with Crippen molar-refractivity contribution >= 4 is 17.5 Å². The Morgan fingerprint density at radius 3 is 2.30 bits per heavy atom. The largest absolute Gasteiger partial charge is 0.368 e. The molecule has 0 aromatic carbocycles. The summed E-state index contributed by atoms with van der Waals surface area (Å²) >= 11 is 0. The van der Waals surface area contributed by atoms with Gasteiger partial charge in [-0.3, -0.25) is 14.6 Å². The Labute approximate surface area is 161 Å². The van der Waals surface area contributed by atoms with Gasteiger partial charge in [0, 0.05) is 62.3 Å². The Kier molecular flexibility index (Phi) is 5.06. The number of carbonyl (C=O) groups is 2. The fraction of sp³-hybridized carbons (Fsp3) is 0.667. The number of amides is 2. The SMILES string of the molecule is Cc1cc(N2CCN(C(=O)C3CC(=O)N(C4CCCC4)C3)CC2)cc(C)n1. The number of anilines is 1. The molecule has 1 aromatic rings. The van der Waals surface area contributed by atoms with Gasteiger partial charge in [-0.1, -0.05) is 12.8 Å². The van der Waals surface area contributed by atoms with Gasteiger partial charge in [0.15, 0.2) is 0 Å². The molecule has 2 amide bonds. The quantitative estimate of drug-likeness (QED) is 0.818. The lowest BCUT2D eigenvalue weighted by Crippen LogP contribution is -2.50. The minimum absolute atomic E-state index is 0.143. The van der Waals surface area contributed by atoms with Crippen LogP contribution in [0.3, 0.4) is 0 Å². The Balaban J connectivity index is 1.34. The molecule has 3 fully saturated rings. The minimum Gasteiger partial charge on any atom is -0.368 e. The van der Waals surface area contributed by atoms with Crippen LogP contribution in [-0.2, 0) is 9.59 Å². The zero-order valence-electron chi connectivity index (χ0n) is 16.5. The van der Waals surface area contributed by atoms with Gasteiger partial charge in [-0.15, -0.1) is 0 Å². The highest BCUT2D eigenvalue weighted by atomic mass is 16.2. The first-order valence-corrected chi connectivity index (χ1v) is 10.3. The number of aromatic nitrogens is 1. The van der Waals surface area contributed by atoms with E-state index in [0.29, 0.717) is 19.0 Å². The molecule has 0 bridgehead atoms. The molecule has 0 spiro atoms. The van der Waals surface area contributed by atoms with Crippen molar-refractivity contribution in [3.8, 4) is 0 Å². The van der Waals surface area contributed by atoms with Crippen LogP contribution in [0.1, 0.15) is 43.5 Å². The molecule has 27 heavy (non-hydrogen) atoms. The smallest absolute Gasteiger partial charge is 0.228 e. The zero-order valence-corrected chi connectivity index (χ0v) is 16.5. The van der Waals surface area contributed by atoms with Crippen LogP contribution in [0.25, 0.3) is 0 Å². The molecule has 3 aliphatic rings. The highest BCUT2D eigenvalue weighted by molar-refractivity contribution is 5.89. The second-order valence-electron chi connectivity index (χ2n) is 8.31. The first-order chi connectivity index (χ1) is 13.0. The van der Waals surface area contributed by atoms with E-state index in [0.717, 1.165) is 50.4 Å². The number of nitrogens with zero attached hydrogens (tertiary/aromatic N) is 4. The standard InChI is InChI=1S/C21H30N4O2/c1-15-11-19(12-16(2)22-15)23-7-9-24(10-8-23)21(27)17-13-20(26)25(14-17)18-5-3-4-6-18/h11-12,17-18H,3-10,13-14H2,1-2H3. The van der Waals surface area contributed by atoms with Gasteiger partial charge in [0.05, 0.1) is 5.92 Å². The predicted molar refractivity (Wildman–Crippen MR) is 105 cm³/mol. The average Bonchev–Trinajstić information content (AvgIpc) is 3.30. The highest BCUT2D eigenvalue weighted by Crippen LogP contribution is 2.30. The molecule has 6 nitrogen and oxygen atoms in total. The van der Waals surface area contributed by atoms with Gasteiger partial charge in [0.2, 0.25) is 11.8 Å². The van der Waals surface area contributed by atoms with Gasteiger partial charge in [-0.25, -0.2) is 0 Å². The van der Waals surface area contributed by atoms with E-state index in [4.69, 9.17) is 0 Å². The number of aryl methyl sites for hydroxylation is 2. The van der Waals surface area contributed by atoms with E-state index in [9.17, 15) is 9.59 Å². The lowest BCUT2D eigenvalue weighted by Gasteiger charge is -2.37. The summed E-state index contributed by atoms with van der Waals surface area (Å²) in [7, 11) is 0. The molecule has 0 N–H and O–H groups in total. The van der Waals surface area contributed by atoms with Crippen LogP contribution < -0.4 is 4.90 Å². The second kappa shape index (κ2) is 7.49. The van der Waals surface area contributed by atoms with Crippen LogP contribution in [0.5, 0.6) is 0 Å². The molecular weight excluding hydrogens is 340 g/mol. The number of pyridine rings is 1. The first kappa shape index (κ1) is 18.3. The summed E-state index contributed by atoms with van der Waals surface area (Å²) in [6.45, 7) is 7.79. The van der Waals surface area contributed by atoms with Gasteiger partial charge in [0.1, 0.15) is 0 Å². The van der Waals surface area contributed by atoms with E-state index in [2.05, 4.69) is 22.0 Å². The van der Waals surface area contributed by atoms with Crippen molar-refractivity contribution in [1.29, 1.82) is 0 Å². The first-order valence-electron chi connectivity index (χ1n) is 10.3. The van der Waals surface area contributed by atoms with Crippen molar-refractivity contribution in [2.75, 3.05) is 37.6 Å². The van der Waals surface area contributed by atoms with Crippen molar-refractivity contribution in [2.24, 2.45) is 5.92 Å². The van der Waals surface area contributed by atoms with Gasteiger partial charge in [-0.05, 0) is 38.8 Å². The summed E-state index contributed by atoms with van der Waals surface area (Å²) in [4.78, 5) is 36.1. The summed E-state index contributed by atoms with van der Waals surface area (Å²) < 4.78 is 0. The normalized spacial score (nSPS) is 24.1. The Morgan fingerprint density at radius 2 is 1.67 bits per heavy atom. The summed E-state index contributed by atoms with van der Waals surface area (Å²) in [5.41, 5.74) is 3.25. The summed E-state index contributed by atoms with van der Waals surface area (Å²) in [5, 5.41) is 0. The van der Waals surface area contributed by atoms with Gasteiger partial charge < -0.3 is 14.7 Å². The van der Waals surface area contributed by atoms with E-state index in [1.54, 1.807) is 0 Å². The van der Waals surface area contributed by atoms with E-state index in [-0.39, 0.29) is 17.7 Å². The average molecular weight is 370 g/mol. The maximum atomic E-state index is 13.0. The van der Waals surface area contributed by atoms with Crippen LogP contribution in [0.4, 0.5) is 5.69 Å². The molecule has 2 aliphatic heterocycles. The van der Waals surface area contributed by atoms with Gasteiger partial charge in [-0.2, -0.15) is 0 Å². The van der Waals surface area contributed by atoms with Crippen LogP contribution in [0, 0.1) is 19.8 Å². The fourth-order valence-corrected chi connectivity index (χ4v) is 4.90. The highest BCUT2D eigenvalue weighted by Gasteiger charge is 2.40. The third kappa shape index (κ3) is 3.80. The molecule has 1 unspecified atom stereocenters. The van der Waals surface area contributed by atoms with E-state index < -0.39 is 0 Å². The predicted octanol–water partition coefficient (Wildman–Crippen LogP) is 2.14. The van der Waals surface area contributed by atoms with Crippen LogP contribution in [0.15, 0.2) is 12.1 Å². The Bertz CT molecular complexity index is 701. The number of hydrogen-bond donors (Lipinski definition) is 0. The lowest BCUT2D eigenvalue weighted by atomic mass is 10.1. The van der Waals surface area contributed by atoms with Crippen LogP contribution in [-0.4, -0.2) is 65.4 Å². The Morgan fingerprint density at radius 1 is 1.04 bits per heavy atom. The molecule has 1 aliphatic carbocycles. The maximum Gasteiger partial charge on any atom is 0.228 e. The molecule has 0 radical (unpaired) electrons. The Hall–Kier alpha value is -2.11. The number of hydrogen-bond acceptors (Lipinski definition) is 4. The third-order valence-electron chi connectivity index (χ3n) is 6.30. The monoisotopic (exact) mass is 370 g/mol. The van der Waals surface area contributed by atoms with Crippen molar-refractivity contribution < 1.29 is 9.59 Å². The molecule has 1 aromatic heterocycles. The summed E-state index contributed by atoms with van der Waals surface area (Å²) in [6.07, 6.45) is 5.04. The van der Waals surface area contributed by atoms with Gasteiger partial charge >= 0.3 is 0 Å².